The van der Waals surface area contributed by atoms with Crippen molar-refractivity contribution in [2.45, 2.75) is 6.92 Å². The van der Waals surface area contributed by atoms with Crippen molar-refractivity contribution < 1.29 is 4.57 Å². The maximum absolute atomic E-state index is 12.1. The molecule has 0 saturated heterocycles. The molecule has 0 heterocycles. The molecule has 0 aliphatic heterocycles. The summed E-state index contributed by atoms with van der Waals surface area (Å²) in [4.78, 5) is 0. The molecule has 0 amide bonds. The molecule has 1 aromatic rings. The van der Waals surface area contributed by atoms with Crippen molar-refractivity contribution in [2.75, 3.05) is 0 Å². The van der Waals surface area contributed by atoms with E-state index in [1.165, 1.54) is 0 Å². The molecule has 1 atom stereocenters. The molecule has 0 aliphatic rings. The summed E-state index contributed by atoms with van der Waals surface area (Å²) in [6.07, 6.45) is 7.17. The van der Waals surface area contributed by atoms with Crippen molar-refractivity contribution >= 4 is 13.1 Å². The molecule has 0 saturated carbocycles. The average molecular weight is 217 g/mol. The highest BCUT2D eigenvalue weighted by Crippen LogP contribution is 2.31. The molecule has 0 aliphatic carbocycles. The quantitative estimate of drug-likeness (QED) is 0.554. The summed E-state index contributed by atoms with van der Waals surface area (Å²) in [5.41, 5.74) is 0. The van der Waals surface area contributed by atoms with Crippen LogP contribution in [0.2, 0.25) is 0 Å². The molecule has 0 N–H and O–H groups in total. The highest BCUT2D eigenvalue weighted by atomic mass is 31.1. The van der Waals surface area contributed by atoms with Gasteiger partial charge in [0.1, 0.15) is 0 Å². The molecule has 2 heteroatoms. The van der Waals surface area contributed by atoms with E-state index in [1.807, 2.05) is 49.4 Å². The van der Waals surface area contributed by atoms with E-state index >= 15 is 0 Å². The number of rotatable bonds is 4. The summed E-state index contributed by atoms with van der Waals surface area (Å²) < 4.78 is 12.1. The smallest absolute Gasteiger partial charge is 0.0991 e. The van der Waals surface area contributed by atoms with Crippen molar-refractivity contribution in [1.29, 1.82) is 0 Å². The lowest BCUT2D eigenvalue weighted by Gasteiger charge is -1.87. The van der Waals surface area contributed by atoms with Crippen LogP contribution in [-0.4, -0.2) is 0 Å². The van der Waals surface area contributed by atoms with E-state index in [-0.39, 0.29) is 0 Å². The van der Waals surface area contributed by atoms with E-state index in [2.05, 4.69) is 6.58 Å². The number of benzene rings is 1. The van der Waals surface area contributed by atoms with Crippen LogP contribution in [-0.2, 0) is 4.57 Å². The van der Waals surface area contributed by atoms with E-state index in [0.29, 0.717) is 0 Å². The normalized spacial score (nSPS) is 12.9. The molecular formula is C13H14OP+. The van der Waals surface area contributed by atoms with Gasteiger partial charge in [-0.05, 0) is 31.2 Å². The number of hydrogen-bond donors (Lipinski definition) is 0. The van der Waals surface area contributed by atoms with E-state index in [4.69, 9.17) is 0 Å². The molecule has 15 heavy (non-hydrogen) atoms. The molecule has 1 unspecified atom stereocenters. The molecular weight excluding hydrogens is 203 g/mol. The Balaban J connectivity index is 2.93. The van der Waals surface area contributed by atoms with Gasteiger partial charge < -0.3 is 0 Å². The second-order valence-electron chi connectivity index (χ2n) is 2.94. The maximum atomic E-state index is 12.1. The molecule has 0 radical (unpaired) electrons. The van der Waals surface area contributed by atoms with Gasteiger partial charge in [0.2, 0.25) is 0 Å². The Hall–Kier alpha value is -1.46. The fraction of sp³-hybridized carbons (Fsp3) is 0.0769. The third-order valence-electron chi connectivity index (χ3n) is 1.92. The van der Waals surface area contributed by atoms with Crippen molar-refractivity contribution in [3.05, 3.63) is 66.5 Å². The third kappa shape index (κ3) is 3.30. The highest BCUT2D eigenvalue weighted by molar-refractivity contribution is 7.58. The van der Waals surface area contributed by atoms with Crippen molar-refractivity contribution in [1.82, 2.24) is 0 Å². The van der Waals surface area contributed by atoms with Crippen LogP contribution in [0.1, 0.15) is 6.92 Å². The van der Waals surface area contributed by atoms with Crippen LogP contribution in [0.5, 0.6) is 0 Å². The summed E-state index contributed by atoms with van der Waals surface area (Å²) in [6, 6.07) is 9.47. The Morgan fingerprint density at radius 1 is 1.33 bits per heavy atom. The zero-order valence-corrected chi connectivity index (χ0v) is 9.65. The Kier molecular flexibility index (Phi) is 4.73. The standard InChI is InChI=1S/C13H14OP/c1-3-5-9-12(4-2)15(14)13-10-7-6-8-11-13/h3-11H,1H2,2H3/q+1/b9-5-,12-4+. The molecule has 0 bridgehead atoms. The van der Waals surface area contributed by atoms with Gasteiger partial charge in [-0.15, -0.1) is 0 Å². The second kappa shape index (κ2) is 6.10. The van der Waals surface area contributed by atoms with Gasteiger partial charge >= 0.3 is 7.80 Å². The number of hydrogen-bond acceptors (Lipinski definition) is 1. The second-order valence-corrected chi connectivity index (χ2v) is 4.56. The highest BCUT2D eigenvalue weighted by Gasteiger charge is 2.22. The fourth-order valence-corrected chi connectivity index (χ4v) is 2.36. The first-order valence-electron chi connectivity index (χ1n) is 4.77. The first-order valence-corrected chi connectivity index (χ1v) is 6.03. The van der Waals surface area contributed by atoms with Crippen molar-refractivity contribution in [2.24, 2.45) is 0 Å². The summed E-state index contributed by atoms with van der Waals surface area (Å²) in [5, 5.41) is 1.69. The molecule has 0 spiro atoms. The van der Waals surface area contributed by atoms with Gasteiger partial charge in [-0.3, -0.25) is 0 Å². The number of allylic oxidation sites excluding steroid dienone is 5. The average Bonchev–Trinajstić information content (AvgIpc) is 2.31. The predicted octanol–water partition coefficient (Wildman–Crippen LogP) is 3.79. The monoisotopic (exact) mass is 217 g/mol. The lowest BCUT2D eigenvalue weighted by atomic mass is 10.4. The van der Waals surface area contributed by atoms with Crippen molar-refractivity contribution in [3.8, 4) is 0 Å². The van der Waals surface area contributed by atoms with Crippen LogP contribution in [0.3, 0.4) is 0 Å². The van der Waals surface area contributed by atoms with Crippen LogP contribution in [0.15, 0.2) is 66.5 Å². The first kappa shape index (κ1) is 11.6. The predicted molar refractivity (Wildman–Crippen MR) is 66.8 cm³/mol. The molecule has 0 fully saturated rings. The van der Waals surface area contributed by atoms with Gasteiger partial charge in [0.25, 0.3) is 0 Å². The van der Waals surface area contributed by atoms with Gasteiger partial charge in [-0.2, -0.15) is 0 Å². The summed E-state index contributed by atoms with van der Waals surface area (Å²) >= 11 is 0. The molecule has 0 aromatic heterocycles. The minimum Gasteiger partial charge on any atom is -0.0991 e. The lowest BCUT2D eigenvalue weighted by molar-refractivity contribution is 0.597. The van der Waals surface area contributed by atoms with E-state index in [9.17, 15) is 4.57 Å². The third-order valence-corrected chi connectivity index (χ3v) is 3.57. The molecule has 1 aromatic carbocycles. The van der Waals surface area contributed by atoms with Gasteiger partial charge in [-0.25, -0.2) is 0 Å². The summed E-state index contributed by atoms with van der Waals surface area (Å²) in [5.74, 6) is 0. The zero-order chi connectivity index (χ0) is 11.1. The summed E-state index contributed by atoms with van der Waals surface area (Å²) in [6.45, 7) is 5.48. The molecule has 76 valence electrons. The topological polar surface area (TPSA) is 17.1 Å². The van der Waals surface area contributed by atoms with Crippen LogP contribution in [0, 0.1) is 0 Å². The zero-order valence-electron chi connectivity index (χ0n) is 8.76. The molecule has 1 rings (SSSR count). The van der Waals surface area contributed by atoms with Crippen LogP contribution < -0.4 is 5.30 Å². The Morgan fingerprint density at radius 3 is 2.53 bits per heavy atom. The minimum absolute atomic E-state index is 0.830. The lowest BCUT2D eigenvalue weighted by Crippen LogP contribution is -1.94. The van der Waals surface area contributed by atoms with Crippen molar-refractivity contribution in [3.63, 3.8) is 0 Å². The van der Waals surface area contributed by atoms with Crippen LogP contribution in [0.4, 0.5) is 0 Å². The Morgan fingerprint density at radius 2 is 2.00 bits per heavy atom. The van der Waals surface area contributed by atoms with E-state index in [0.717, 1.165) is 10.6 Å². The minimum atomic E-state index is -1.47. The fourth-order valence-electron chi connectivity index (χ4n) is 1.16. The maximum Gasteiger partial charge on any atom is 0.414 e. The van der Waals surface area contributed by atoms with Gasteiger partial charge in [0.15, 0.2) is 10.6 Å². The van der Waals surface area contributed by atoms with Gasteiger partial charge in [-0.1, -0.05) is 41.5 Å². The van der Waals surface area contributed by atoms with E-state index in [1.54, 1.807) is 12.2 Å². The van der Waals surface area contributed by atoms with E-state index < -0.39 is 7.80 Å². The van der Waals surface area contributed by atoms with Gasteiger partial charge in [0, 0.05) is 0 Å². The largest absolute Gasteiger partial charge is 0.414 e. The Bertz CT molecular complexity index is 402. The Labute approximate surface area is 91.6 Å². The van der Waals surface area contributed by atoms with Crippen LogP contribution >= 0.6 is 7.80 Å². The van der Waals surface area contributed by atoms with Gasteiger partial charge in [0.05, 0.1) is 0 Å². The molecule has 1 nitrogen and oxygen atoms in total. The van der Waals surface area contributed by atoms with Crippen LogP contribution in [0.25, 0.3) is 0 Å². The first-order chi connectivity index (χ1) is 7.29. The summed E-state index contributed by atoms with van der Waals surface area (Å²) in [7, 11) is -1.47. The SMILES string of the molecule is C=C/C=C\C(=C/C)[P+](=O)c1ccccc1.